The number of ether oxygens (including phenoxy) is 1. The molecule has 0 saturated heterocycles. The molecule has 7 heteroatoms. The minimum absolute atomic E-state index is 0.0553. The number of fused-ring (bicyclic) bond motifs is 3. The third-order valence-electron chi connectivity index (χ3n) is 5.30. The van der Waals surface area contributed by atoms with Crippen molar-refractivity contribution in [1.29, 1.82) is 0 Å². The Kier molecular flexibility index (Phi) is 4.67. The molecular formula is C20H16BrClF3NO. The standard InChI is InChI=1S/C20H16BrClF3NO/c1-27-16-8-5-10(21)9-13(16)18-12-4-2-3-11(12)17-14(20(23,24)25)6-7-15(22)19(17)26-18/h2-3,5-9,11-12,18,26H,4H2,1H3/t11-,12+,18+/m0/s1. The summed E-state index contributed by atoms with van der Waals surface area (Å²) >= 11 is 9.79. The van der Waals surface area contributed by atoms with Gasteiger partial charge in [0.15, 0.2) is 0 Å². The summed E-state index contributed by atoms with van der Waals surface area (Å²) in [6.07, 6.45) is 0.0664. The molecule has 0 radical (unpaired) electrons. The molecule has 0 aromatic heterocycles. The lowest BCUT2D eigenvalue weighted by Gasteiger charge is -2.39. The summed E-state index contributed by atoms with van der Waals surface area (Å²) in [6.45, 7) is 0. The summed E-state index contributed by atoms with van der Waals surface area (Å²) in [5, 5.41) is 3.58. The van der Waals surface area contributed by atoms with Crippen LogP contribution in [0.4, 0.5) is 18.9 Å². The van der Waals surface area contributed by atoms with E-state index in [4.69, 9.17) is 16.3 Å². The molecule has 0 bridgehead atoms. The molecule has 2 aromatic rings. The molecule has 0 amide bonds. The Hall–Kier alpha value is -1.66. The number of benzene rings is 2. The maximum absolute atomic E-state index is 13.6. The maximum atomic E-state index is 13.6. The van der Waals surface area contributed by atoms with Gasteiger partial charge in [0.1, 0.15) is 5.75 Å². The van der Waals surface area contributed by atoms with Crippen LogP contribution in [0.25, 0.3) is 0 Å². The molecule has 3 atom stereocenters. The fraction of sp³-hybridized carbons (Fsp3) is 0.300. The van der Waals surface area contributed by atoms with Crippen LogP contribution in [0.3, 0.4) is 0 Å². The second-order valence-electron chi connectivity index (χ2n) is 6.74. The Morgan fingerprint density at radius 2 is 2.00 bits per heavy atom. The number of nitrogens with one attached hydrogen (secondary N) is 1. The lowest BCUT2D eigenvalue weighted by atomic mass is 9.75. The van der Waals surface area contributed by atoms with E-state index in [0.29, 0.717) is 17.9 Å². The lowest BCUT2D eigenvalue weighted by Crippen LogP contribution is -2.31. The highest BCUT2D eigenvalue weighted by atomic mass is 79.9. The van der Waals surface area contributed by atoms with Crippen LogP contribution in [0.2, 0.25) is 5.02 Å². The van der Waals surface area contributed by atoms with Gasteiger partial charge in [-0.3, -0.25) is 0 Å². The van der Waals surface area contributed by atoms with Crippen LogP contribution >= 0.6 is 27.5 Å². The number of hydrogen-bond donors (Lipinski definition) is 1. The van der Waals surface area contributed by atoms with Crippen molar-refractivity contribution in [1.82, 2.24) is 0 Å². The van der Waals surface area contributed by atoms with E-state index in [9.17, 15) is 13.2 Å². The molecular weight excluding hydrogens is 443 g/mol. The maximum Gasteiger partial charge on any atom is 0.416 e. The molecule has 2 aliphatic rings. The van der Waals surface area contributed by atoms with E-state index in [1.807, 2.05) is 30.4 Å². The summed E-state index contributed by atoms with van der Waals surface area (Å²) in [7, 11) is 1.59. The van der Waals surface area contributed by atoms with Gasteiger partial charge in [-0.25, -0.2) is 0 Å². The van der Waals surface area contributed by atoms with Crippen LogP contribution in [0.15, 0.2) is 47.0 Å². The Morgan fingerprint density at radius 1 is 1.22 bits per heavy atom. The quantitative estimate of drug-likeness (QED) is 0.491. The van der Waals surface area contributed by atoms with Crippen molar-refractivity contribution < 1.29 is 17.9 Å². The monoisotopic (exact) mass is 457 g/mol. The molecule has 4 rings (SSSR count). The van der Waals surface area contributed by atoms with Gasteiger partial charge in [0.25, 0.3) is 0 Å². The molecule has 27 heavy (non-hydrogen) atoms. The third kappa shape index (κ3) is 3.13. The molecule has 142 valence electrons. The van der Waals surface area contributed by atoms with Crippen molar-refractivity contribution in [3.8, 4) is 5.75 Å². The highest BCUT2D eigenvalue weighted by Gasteiger charge is 2.45. The predicted octanol–water partition coefficient (Wildman–Crippen LogP) is 6.96. The zero-order valence-electron chi connectivity index (χ0n) is 14.3. The van der Waals surface area contributed by atoms with Crippen molar-refractivity contribution in [2.45, 2.75) is 24.6 Å². The van der Waals surface area contributed by atoms with E-state index >= 15 is 0 Å². The number of allylic oxidation sites excluding steroid dienone is 2. The predicted molar refractivity (Wildman–Crippen MR) is 103 cm³/mol. The first-order valence-electron chi connectivity index (χ1n) is 8.47. The van der Waals surface area contributed by atoms with Crippen LogP contribution < -0.4 is 10.1 Å². The van der Waals surface area contributed by atoms with E-state index in [1.165, 1.54) is 6.07 Å². The zero-order valence-corrected chi connectivity index (χ0v) is 16.6. The molecule has 0 fully saturated rings. The van der Waals surface area contributed by atoms with Crippen molar-refractivity contribution in [2.24, 2.45) is 5.92 Å². The summed E-state index contributed by atoms with van der Waals surface area (Å²) in [4.78, 5) is 0. The van der Waals surface area contributed by atoms with Gasteiger partial charge in [0, 0.05) is 16.0 Å². The first-order valence-corrected chi connectivity index (χ1v) is 9.64. The lowest BCUT2D eigenvalue weighted by molar-refractivity contribution is -0.138. The van der Waals surface area contributed by atoms with E-state index in [-0.39, 0.29) is 28.5 Å². The zero-order chi connectivity index (χ0) is 19.3. The van der Waals surface area contributed by atoms with Crippen LogP contribution in [-0.2, 0) is 6.18 Å². The third-order valence-corrected chi connectivity index (χ3v) is 6.11. The van der Waals surface area contributed by atoms with Gasteiger partial charge in [-0.2, -0.15) is 13.2 Å². The number of methoxy groups -OCH3 is 1. The van der Waals surface area contributed by atoms with Gasteiger partial charge < -0.3 is 10.1 Å². The second kappa shape index (κ2) is 6.74. The highest BCUT2D eigenvalue weighted by Crippen LogP contribution is 2.55. The van der Waals surface area contributed by atoms with E-state index in [1.54, 1.807) is 7.11 Å². The minimum atomic E-state index is -4.43. The SMILES string of the molecule is COc1ccc(Br)cc1[C@@H]1Nc2c(Cl)ccc(C(F)(F)F)c2[C@H]2C=CC[C@H]21. The Balaban J connectivity index is 1.90. The summed E-state index contributed by atoms with van der Waals surface area (Å²) in [6, 6.07) is 7.83. The highest BCUT2D eigenvalue weighted by molar-refractivity contribution is 9.10. The molecule has 2 aromatic carbocycles. The molecule has 1 heterocycles. The van der Waals surface area contributed by atoms with Gasteiger partial charge in [-0.05, 0) is 48.2 Å². The van der Waals surface area contributed by atoms with Crippen LogP contribution in [0.5, 0.6) is 5.75 Å². The number of hydrogen-bond acceptors (Lipinski definition) is 2. The van der Waals surface area contributed by atoms with E-state index in [0.717, 1.165) is 16.1 Å². The fourth-order valence-corrected chi connectivity index (χ4v) is 4.78. The van der Waals surface area contributed by atoms with Gasteiger partial charge in [-0.1, -0.05) is 39.7 Å². The smallest absolute Gasteiger partial charge is 0.416 e. The average molecular weight is 459 g/mol. The van der Waals surface area contributed by atoms with Gasteiger partial charge >= 0.3 is 6.18 Å². The Bertz CT molecular complexity index is 928. The number of alkyl halides is 3. The summed E-state index contributed by atoms with van der Waals surface area (Å²) < 4.78 is 47.3. The van der Waals surface area contributed by atoms with E-state index < -0.39 is 11.7 Å². The second-order valence-corrected chi connectivity index (χ2v) is 8.07. The van der Waals surface area contributed by atoms with Crippen LogP contribution in [-0.4, -0.2) is 7.11 Å². The first-order chi connectivity index (χ1) is 12.8. The molecule has 2 nitrogen and oxygen atoms in total. The first kappa shape index (κ1) is 18.7. The van der Waals surface area contributed by atoms with Crippen LogP contribution in [0.1, 0.15) is 35.1 Å². The number of halogens is 5. The summed E-state index contributed by atoms with van der Waals surface area (Å²) in [5.74, 6) is 0.276. The molecule has 1 aliphatic carbocycles. The Labute approximate surface area is 168 Å². The molecule has 0 saturated carbocycles. The average Bonchev–Trinajstić information content (AvgIpc) is 3.10. The van der Waals surface area contributed by atoms with Crippen molar-refractivity contribution in [3.05, 3.63) is 68.7 Å². The number of rotatable bonds is 2. The molecule has 1 aliphatic heterocycles. The summed E-state index contributed by atoms with van der Waals surface area (Å²) in [5.41, 5.74) is 0.852. The van der Waals surface area contributed by atoms with E-state index in [2.05, 4.69) is 21.2 Å². The normalized spacial score (nSPS) is 23.6. The largest absolute Gasteiger partial charge is 0.496 e. The topological polar surface area (TPSA) is 21.3 Å². The van der Waals surface area contributed by atoms with Gasteiger partial charge in [0.2, 0.25) is 0 Å². The van der Waals surface area contributed by atoms with Crippen molar-refractivity contribution in [3.63, 3.8) is 0 Å². The number of anilines is 1. The van der Waals surface area contributed by atoms with Crippen LogP contribution in [0, 0.1) is 5.92 Å². The van der Waals surface area contributed by atoms with Crippen molar-refractivity contribution >= 4 is 33.2 Å². The van der Waals surface area contributed by atoms with Crippen molar-refractivity contribution in [2.75, 3.05) is 12.4 Å². The Morgan fingerprint density at radius 3 is 2.70 bits per heavy atom. The fourth-order valence-electron chi connectivity index (χ4n) is 4.18. The minimum Gasteiger partial charge on any atom is -0.496 e. The van der Waals surface area contributed by atoms with Gasteiger partial charge in [-0.15, -0.1) is 0 Å². The molecule has 1 N–H and O–H groups in total. The molecule has 0 spiro atoms. The van der Waals surface area contributed by atoms with Gasteiger partial charge in [0.05, 0.1) is 29.4 Å². The molecule has 0 unspecified atom stereocenters.